The second kappa shape index (κ2) is 13.5. The first kappa shape index (κ1) is 29.3. The molecule has 3 aromatic rings. The maximum atomic E-state index is 13.5. The Bertz CT molecular complexity index is 1290. The standard InChI is InChI=1S/C26H32N4O5S.C2H6/c1-4-34-26(31)14-21(11-12-23-15-27-29-28-23)20-10-9-18(2)22(13-20)17-30-16-19(3)35-24-7-5-6-8-25(24)36(30,32)33;1-2/h5-10,13,15,19,21H,4,11-12,14,16-17H2,1-3H3,(H,27,28,29);1-2H3/t19-,21?;/m1./s1. The Hall–Kier alpha value is -3.24. The van der Waals surface area contributed by atoms with Crippen molar-refractivity contribution in [3.05, 3.63) is 71.0 Å². The molecule has 0 amide bonds. The third kappa shape index (κ3) is 7.20. The highest BCUT2D eigenvalue weighted by molar-refractivity contribution is 7.89. The number of aryl methyl sites for hydroxylation is 2. The molecule has 1 aliphatic heterocycles. The molecule has 0 aliphatic carbocycles. The Labute approximate surface area is 225 Å². The summed E-state index contributed by atoms with van der Waals surface area (Å²) in [6.45, 7) is 10.4. The molecule has 4 rings (SSSR count). The second-order valence-corrected chi connectivity index (χ2v) is 11.0. The molecule has 1 aromatic heterocycles. The van der Waals surface area contributed by atoms with Gasteiger partial charge in [-0.25, -0.2) is 8.42 Å². The van der Waals surface area contributed by atoms with Crippen molar-refractivity contribution < 1.29 is 22.7 Å². The van der Waals surface area contributed by atoms with Crippen molar-refractivity contribution >= 4 is 16.0 Å². The van der Waals surface area contributed by atoms with Crippen LogP contribution < -0.4 is 4.74 Å². The molecule has 0 fully saturated rings. The van der Waals surface area contributed by atoms with Crippen molar-refractivity contribution in [1.82, 2.24) is 19.7 Å². The van der Waals surface area contributed by atoms with E-state index in [2.05, 4.69) is 15.4 Å². The third-order valence-electron chi connectivity index (χ3n) is 6.38. The molecule has 2 heterocycles. The monoisotopic (exact) mass is 542 g/mol. The number of aromatic nitrogens is 3. The van der Waals surface area contributed by atoms with Crippen molar-refractivity contribution in [2.75, 3.05) is 13.2 Å². The summed E-state index contributed by atoms with van der Waals surface area (Å²) in [6.07, 6.45) is 2.93. The molecule has 0 saturated carbocycles. The van der Waals surface area contributed by atoms with E-state index in [4.69, 9.17) is 9.47 Å². The van der Waals surface area contributed by atoms with E-state index in [0.29, 0.717) is 25.2 Å². The Balaban J connectivity index is 0.00000195. The quantitative estimate of drug-likeness (QED) is 0.387. The summed E-state index contributed by atoms with van der Waals surface area (Å²) in [5.74, 6) is 0.00612. The Morgan fingerprint density at radius 2 is 2.00 bits per heavy atom. The zero-order valence-electron chi connectivity index (χ0n) is 22.8. The average Bonchev–Trinajstić information content (AvgIpc) is 3.40. The van der Waals surface area contributed by atoms with Gasteiger partial charge < -0.3 is 9.47 Å². The van der Waals surface area contributed by atoms with Crippen molar-refractivity contribution in [2.24, 2.45) is 0 Å². The number of carbonyl (C=O) groups excluding carboxylic acids is 1. The number of benzene rings is 2. The summed E-state index contributed by atoms with van der Waals surface area (Å²) in [4.78, 5) is 12.6. The molecule has 0 spiro atoms. The number of sulfonamides is 1. The summed E-state index contributed by atoms with van der Waals surface area (Å²) in [5, 5.41) is 10.6. The maximum Gasteiger partial charge on any atom is 0.306 e. The first-order chi connectivity index (χ1) is 18.3. The molecular formula is C28H38N4O5S. The SMILES string of the molecule is CC.CCOC(=O)CC(CCc1cn[nH]n1)c1ccc(C)c(CN2C[C@@H](C)Oc3ccccc3S2(=O)=O)c1. The van der Waals surface area contributed by atoms with Gasteiger partial charge in [0.1, 0.15) is 16.7 Å². The minimum atomic E-state index is -3.75. The summed E-state index contributed by atoms with van der Waals surface area (Å²) < 4.78 is 39.6. The third-order valence-corrected chi connectivity index (χ3v) is 8.23. The van der Waals surface area contributed by atoms with Crippen LogP contribution in [-0.4, -0.2) is 53.4 Å². The molecule has 206 valence electrons. The lowest BCUT2D eigenvalue weighted by Gasteiger charge is -2.24. The highest BCUT2D eigenvalue weighted by Gasteiger charge is 2.33. The van der Waals surface area contributed by atoms with Crippen LogP contribution in [0.1, 0.15) is 68.8 Å². The molecule has 10 heteroatoms. The molecule has 1 N–H and O–H groups in total. The van der Waals surface area contributed by atoms with Crippen LogP contribution in [-0.2, 0) is 32.5 Å². The van der Waals surface area contributed by atoms with Crippen LogP contribution in [0.5, 0.6) is 5.75 Å². The van der Waals surface area contributed by atoms with Crippen molar-refractivity contribution in [3.63, 3.8) is 0 Å². The molecule has 1 unspecified atom stereocenters. The number of hydrogen-bond acceptors (Lipinski definition) is 7. The number of para-hydroxylation sites is 1. The number of hydrogen-bond donors (Lipinski definition) is 1. The van der Waals surface area contributed by atoms with Gasteiger partial charge in [0, 0.05) is 6.54 Å². The number of nitrogens with one attached hydrogen (secondary N) is 1. The minimum absolute atomic E-state index is 0.108. The minimum Gasteiger partial charge on any atom is -0.488 e. The van der Waals surface area contributed by atoms with E-state index in [0.717, 1.165) is 22.4 Å². The van der Waals surface area contributed by atoms with Gasteiger partial charge in [-0.1, -0.05) is 44.2 Å². The number of carbonyl (C=O) groups is 1. The van der Waals surface area contributed by atoms with E-state index in [1.807, 2.05) is 45.9 Å². The molecule has 1 aliphatic rings. The van der Waals surface area contributed by atoms with Crippen LogP contribution in [0.15, 0.2) is 53.6 Å². The van der Waals surface area contributed by atoms with Gasteiger partial charge in [0.15, 0.2) is 0 Å². The summed E-state index contributed by atoms with van der Waals surface area (Å²) in [5.41, 5.74) is 3.65. The number of nitrogens with zero attached hydrogens (tertiary/aromatic N) is 3. The number of ether oxygens (including phenoxy) is 2. The highest BCUT2D eigenvalue weighted by Crippen LogP contribution is 2.33. The predicted octanol–water partition coefficient (Wildman–Crippen LogP) is 4.78. The molecule has 38 heavy (non-hydrogen) atoms. The molecule has 0 bridgehead atoms. The van der Waals surface area contributed by atoms with Crippen molar-refractivity contribution in [3.8, 4) is 5.75 Å². The highest BCUT2D eigenvalue weighted by atomic mass is 32.2. The first-order valence-corrected chi connectivity index (χ1v) is 14.6. The first-order valence-electron chi connectivity index (χ1n) is 13.1. The summed E-state index contributed by atoms with van der Waals surface area (Å²) in [6, 6.07) is 12.7. The van der Waals surface area contributed by atoms with Crippen LogP contribution in [0.25, 0.3) is 0 Å². The van der Waals surface area contributed by atoms with E-state index >= 15 is 0 Å². The fourth-order valence-corrected chi connectivity index (χ4v) is 6.08. The summed E-state index contributed by atoms with van der Waals surface area (Å²) in [7, 11) is -3.75. The van der Waals surface area contributed by atoms with Gasteiger partial charge in [-0.05, 0) is 68.4 Å². The Morgan fingerprint density at radius 3 is 2.71 bits per heavy atom. The Kier molecular flexibility index (Phi) is 10.4. The largest absolute Gasteiger partial charge is 0.488 e. The fraction of sp³-hybridized carbons (Fsp3) is 0.464. The van der Waals surface area contributed by atoms with Crippen LogP contribution in [0, 0.1) is 6.92 Å². The zero-order valence-corrected chi connectivity index (χ0v) is 23.6. The van der Waals surface area contributed by atoms with Gasteiger partial charge in [-0.2, -0.15) is 19.7 Å². The number of H-pyrrole nitrogens is 1. The molecular weight excluding hydrogens is 504 g/mol. The van der Waals surface area contributed by atoms with Gasteiger partial charge in [0.05, 0.1) is 31.5 Å². The number of rotatable bonds is 9. The van der Waals surface area contributed by atoms with Crippen molar-refractivity contribution in [2.45, 2.75) is 77.3 Å². The second-order valence-electron chi connectivity index (χ2n) is 9.06. The zero-order chi connectivity index (χ0) is 27.7. The summed E-state index contributed by atoms with van der Waals surface area (Å²) >= 11 is 0. The van der Waals surface area contributed by atoms with E-state index < -0.39 is 10.0 Å². The average molecular weight is 543 g/mol. The lowest BCUT2D eigenvalue weighted by molar-refractivity contribution is -0.143. The van der Waals surface area contributed by atoms with Crippen LogP contribution >= 0.6 is 0 Å². The maximum absolute atomic E-state index is 13.5. The predicted molar refractivity (Wildman–Crippen MR) is 145 cm³/mol. The van der Waals surface area contributed by atoms with Crippen LogP contribution in [0.3, 0.4) is 0 Å². The lowest BCUT2D eigenvalue weighted by atomic mass is 9.88. The molecule has 0 radical (unpaired) electrons. The van der Waals surface area contributed by atoms with Crippen molar-refractivity contribution in [1.29, 1.82) is 0 Å². The smallest absolute Gasteiger partial charge is 0.306 e. The molecule has 2 atom stereocenters. The van der Waals surface area contributed by atoms with E-state index in [9.17, 15) is 13.2 Å². The van der Waals surface area contributed by atoms with Gasteiger partial charge >= 0.3 is 5.97 Å². The normalized spacial score (nSPS) is 17.2. The van der Waals surface area contributed by atoms with Crippen LogP contribution in [0.2, 0.25) is 0 Å². The van der Waals surface area contributed by atoms with Gasteiger partial charge in [0.25, 0.3) is 0 Å². The van der Waals surface area contributed by atoms with Crippen LogP contribution in [0.4, 0.5) is 0 Å². The lowest BCUT2D eigenvalue weighted by Crippen LogP contribution is -2.35. The fourth-order valence-electron chi connectivity index (χ4n) is 4.47. The van der Waals surface area contributed by atoms with E-state index in [-0.39, 0.29) is 42.4 Å². The molecule has 0 saturated heterocycles. The number of fused-ring (bicyclic) bond motifs is 1. The number of aromatic amines is 1. The van der Waals surface area contributed by atoms with Gasteiger partial charge in [0.2, 0.25) is 10.0 Å². The van der Waals surface area contributed by atoms with Gasteiger partial charge in [-0.3, -0.25) is 4.79 Å². The van der Waals surface area contributed by atoms with Gasteiger partial charge in [-0.15, -0.1) is 0 Å². The molecule has 2 aromatic carbocycles. The topological polar surface area (TPSA) is 114 Å². The molecule has 9 nitrogen and oxygen atoms in total. The number of esters is 1. The van der Waals surface area contributed by atoms with E-state index in [1.165, 1.54) is 4.31 Å². The van der Waals surface area contributed by atoms with E-state index in [1.54, 1.807) is 37.4 Å². The Morgan fingerprint density at radius 1 is 1.24 bits per heavy atom.